The molecule has 6 heteroatoms. The Labute approximate surface area is 158 Å². The summed E-state index contributed by atoms with van der Waals surface area (Å²) in [6.07, 6.45) is 2.03. The van der Waals surface area contributed by atoms with Crippen molar-refractivity contribution < 1.29 is 9.84 Å². The molecule has 2 heterocycles. The van der Waals surface area contributed by atoms with Gasteiger partial charge in [-0.25, -0.2) is 4.98 Å². The Balaban J connectivity index is 1.63. The van der Waals surface area contributed by atoms with Crippen LogP contribution in [0.5, 0.6) is 5.75 Å². The fourth-order valence-electron chi connectivity index (χ4n) is 3.55. The molecule has 140 valence electrons. The van der Waals surface area contributed by atoms with E-state index < -0.39 is 0 Å². The van der Waals surface area contributed by atoms with Gasteiger partial charge >= 0.3 is 0 Å². The normalized spacial score (nSPS) is 16.7. The molecule has 1 aliphatic heterocycles. The average Bonchev–Trinajstić information content (AvgIpc) is 3.21. The van der Waals surface area contributed by atoms with Crippen LogP contribution in [0.1, 0.15) is 18.4 Å². The summed E-state index contributed by atoms with van der Waals surface area (Å²) in [7, 11) is 1.67. The maximum absolute atomic E-state index is 9.65. The molecule has 1 aromatic heterocycles. The highest BCUT2D eigenvalue weighted by atomic mass is 16.5. The van der Waals surface area contributed by atoms with Gasteiger partial charge in [0.05, 0.1) is 25.3 Å². The van der Waals surface area contributed by atoms with E-state index in [9.17, 15) is 5.11 Å². The average molecular weight is 364 g/mol. The predicted molar refractivity (Wildman–Crippen MR) is 107 cm³/mol. The zero-order chi connectivity index (χ0) is 18.6. The third kappa shape index (κ3) is 3.66. The van der Waals surface area contributed by atoms with Crippen LogP contribution in [-0.4, -0.2) is 41.4 Å². The molecule has 1 saturated heterocycles. The summed E-state index contributed by atoms with van der Waals surface area (Å²) in [5, 5.41) is 14.1. The Morgan fingerprint density at radius 3 is 2.74 bits per heavy atom. The van der Waals surface area contributed by atoms with Gasteiger partial charge in [-0.2, -0.15) is 4.98 Å². The van der Waals surface area contributed by atoms with E-state index in [1.54, 1.807) is 7.11 Å². The standard InChI is InChI=1S/C21H24N4O2/c1-27-17-10-8-15(9-11-17)13-22-20-18-6-2-3-7-19(18)23-21(24-20)25-12-4-5-16(25)14-26/h2-3,6-11,16,26H,4-5,12-14H2,1H3,(H,22,23,24)/t16-/m0/s1. The number of aliphatic hydroxyl groups excluding tert-OH is 1. The van der Waals surface area contributed by atoms with Crippen LogP contribution in [0.15, 0.2) is 48.5 Å². The lowest BCUT2D eigenvalue weighted by Gasteiger charge is -2.24. The molecule has 2 aromatic carbocycles. The minimum absolute atomic E-state index is 0.0978. The number of methoxy groups -OCH3 is 1. The van der Waals surface area contributed by atoms with E-state index in [4.69, 9.17) is 14.7 Å². The van der Waals surface area contributed by atoms with E-state index in [1.807, 2.05) is 48.5 Å². The van der Waals surface area contributed by atoms with Crippen molar-refractivity contribution >= 4 is 22.7 Å². The molecule has 6 nitrogen and oxygen atoms in total. The molecular weight excluding hydrogens is 340 g/mol. The third-order valence-corrected chi connectivity index (χ3v) is 5.06. The lowest BCUT2D eigenvalue weighted by Crippen LogP contribution is -2.33. The van der Waals surface area contributed by atoms with E-state index in [2.05, 4.69) is 10.2 Å². The van der Waals surface area contributed by atoms with Gasteiger partial charge in [-0.05, 0) is 42.7 Å². The van der Waals surface area contributed by atoms with Crippen molar-refractivity contribution in [2.45, 2.75) is 25.4 Å². The van der Waals surface area contributed by atoms with Crippen molar-refractivity contribution in [3.05, 3.63) is 54.1 Å². The van der Waals surface area contributed by atoms with Crippen LogP contribution in [0.2, 0.25) is 0 Å². The molecule has 2 N–H and O–H groups in total. The number of hydrogen-bond donors (Lipinski definition) is 2. The van der Waals surface area contributed by atoms with E-state index in [0.29, 0.717) is 12.5 Å². The van der Waals surface area contributed by atoms with Gasteiger partial charge in [0.1, 0.15) is 11.6 Å². The number of hydrogen-bond acceptors (Lipinski definition) is 6. The lowest BCUT2D eigenvalue weighted by atomic mass is 10.2. The number of benzene rings is 2. The molecule has 0 saturated carbocycles. The SMILES string of the molecule is COc1ccc(CNc2nc(N3CCC[C@H]3CO)nc3ccccc23)cc1. The van der Waals surface area contributed by atoms with Crippen molar-refractivity contribution in [3.8, 4) is 5.75 Å². The maximum atomic E-state index is 9.65. The van der Waals surface area contributed by atoms with Crippen molar-refractivity contribution in [2.75, 3.05) is 30.5 Å². The molecule has 0 bridgehead atoms. The third-order valence-electron chi connectivity index (χ3n) is 5.06. The predicted octanol–water partition coefficient (Wildman–Crippen LogP) is 3.21. The van der Waals surface area contributed by atoms with Crippen molar-refractivity contribution in [3.63, 3.8) is 0 Å². The van der Waals surface area contributed by atoms with Crippen LogP contribution in [0, 0.1) is 0 Å². The minimum Gasteiger partial charge on any atom is -0.497 e. The molecule has 0 radical (unpaired) electrons. The molecule has 27 heavy (non-hydrogen) atoms. The molecule has 0 spiro atoms. The Hall–Kier alpha value is -2.86. The Morgan fingerprint density at radius 2 is 1.96 bits per heavy atom. The molecule has 0 aliphatic carbocycles. The van der Waals surface area contributed by atoms with Crippen LogP contribution >= 0.6 is 0 Å². The highest BCUT2D eigenvalue weighted by molar-refractivity contribution is 5.90. The second-order valence-electron chi connectivity index (χ2n) is 6.76. The summed E-state index contributed by atoms with van der Waals surface area (Å²) in [6, 6.07) is 16.1. The van der Waals surface area contributed by atoms with Gasteiger partial charge < -0.3 is 20.1 Å². The summed E-state index contributed by atoms with van der Waals surface area (Å²) in [6.45, 7) is 1.67. The minimum atomic E-state index is 0.0978. The van der Waals surface area contributed by atoms with Gasteiger partial charge in [-0.15, -0.1) is 0 Å². The number of para-hydroxylation sites is 1. The first kappa shape index (κ1) is 17.5. The molecule has 1 fully saturated rings. The first-order valence-electron chi connectivity index (χ1n) is 9.29. The second-order valence-corrected chi connectivity index (χ2v) is 6.76. The molecule has 3 aromatic rings. The summed E-state index contributed by atoms with van der Waals surface area (Å²) in [5.41, 5.74) is 2.05. The Kier molecular flexibility index (Phi) is 5.07. The zero-order valence-electron chi connectivity index (χ0n) is 15.4. The number of rotatable bonds is 6. The van der Waals surface area contributed by atoms with Gasteiger partial charge in [0.25, 0.3) is 0 Å². The molecule has 1 aliphatic rings. The Morgan fingerprint density at radius 1 is 1.15 bits per heavy atom. The summed E-state index contributed by atoms with van der Waals surface area (Å²) < 4.78 is 5.22. The first-order chi connectivity index (χ1) is 13.3. The van der Waals surface area contributed by atoms with Crippen molar-refractivity contribution in [1.29, 1.82) is 0 Å². The monoisotopic (exact) mass is 364 g/mol. The molecular formula is C21H24N4O2. The van der Waals surface area contributed by atoms with Gasteiger partial charge in [0.15, 0.2) is 0 Å². The topological polar surface area (TPSA) is 70.5 Å². The number of aromatic nitrogens is 2. The molecule has 0 unspecified atom stereocenters. The molecule has 1 atom stereocenters. The van der Waals surface area contributed by atoms with E-state index in [0.717, 1.165) is 47.4 Å². The van der Waals surface area contributed by atoms with Crippen LogP contribution < -0.4 is 15.0 Å². The Bertz CT molecular complexity index is 914. The smallest absolute Gasteiger partial charge is 0.228 e. The van der Waals surface area contributed by atoms with E-state index in [1.165, 1.54) is 0 Å². The molecule has 4 rings (SSSR count). The first-order valence-corrected chi connectivity index (χ1v) is 9.29. The number of ether oxygens (including phenoxy) is 1. The van der Waals surface area contributed by atoms with Gasteiger partial charge in [0.2, 0.25) is 5.95 Å². The fraction of sp³-hybridized carbons (Fsp3) is 0.333. The van der Waals surface area contributed by atoms with Crippen molar-refractivity contribution in [1.82, 2.24) is 9.97 Å². The second kappa shape index (κ2) is 7.80. The van der Waals surface area contributed by atoms with Gasteiger partial charge in [0, 0.05) is 18.5 Å². The number of nitrogens with one attached hydrogen (secondary N) is 1. The number of fused-ring (bicyclic) bond motifs is 1. The highest BCUT2D eigenvalue weighted by Gasteiger charge is 2.26. The quantitative estimate of drug-likeness (QED) is 0.700. The largest absolute Gasteiger partial charge is 0.497 e. The summed E-state index contributed by atoms with van der Waals surface area (Å²) >= 11 is 0. The number of anilines is 2. The van der Waals surface area contributed by atoms with E-state index in [-0.39, 0.29) is 12.6 Å². The number of nitrogens with zero attached hydrogens (tertiary/aromatic N) is 3. The lowest BCUT2D eigenvalue weighted by molar-refractivity contribution is 0.265. The van der Waals surface area contributed by atoms with Crippen LogP contribution in [0.4, 0.5) is 11.8 Å². The van der Waals surface area contributed by atoms with Crippen LogP contribution in [0.25, 0.3) is 10.9 Å². The summed E-state index contributed by atoms with van der Waals surface area (Å²) in [5.74, 6) is 2.34. The van der Waals surface area contributed by atoms with Gasteiger partial charge in [-0.3, -0.25) is 0 Å². The highest BCUT2D eigenvalue weighted by Crippen LogP contribution is 2.28. The van der Waals surface area contributed by atoms with E-state index >= 15 is 0 Å². The van der Waals surface area contributed by atoms with Crippen LogP contribution in [-0.2, 0) is 6.54 Å². The zero-order valence-corrected chi connectivity index (χ0v) is 15.4. The van der Waals surface area contributed by atoms with Crippen LogP contribution in [0.3, 0.4) is 0 Å². The fourth-order valence-corrected chi connectivity index (χ4v) is 3.55. The molecule has 0 amide bonds. The summed E-state index contributed by atoms with van der Waals surface area (Å²) in [4.78, 5) is 11.7. The maximum Gasteiger partial charge on any atom is 0.228 e. The van der Waals surface area contributed by atoms with Gasteiger partial charge in [-0.1, -0.05) is 24.3 Å². The number of aliphatic hydroxyl groups is 1. The van der Waals surface area contributed by atoms with Crippen molar-refractivity contribution in [2.24, 2.45) is 0 Å².